The van der Waals surface area contributed by atoms with E-state index < -0.39 is 0 Å². The molecule has 1 aliphatic rings. The Morgan fingerprint density at radius 1 is 1.27 bits per heavy atom. The van der Waals surface area contributed by atoms with E-state index >= 15 is 0 Å². The van der Waals surface area contributed by atoms with Crippen LogP contribution in [-0.2, 0) is 9.59 Å². The summed E-state index contributed by atoms with van der Waals surface area (Å²) in [5, 5.41) is 12.9. The smallest absolute Gasteiger partial charge is 0.260 e. The summed E-state index contributed by atoms with van der Waals surface area (Å²) in [6.07, 6.45) is 3.24. The van der Waals surface area contributed by atoms with Crippen molar-refractivity contribution in [2.45, 2.75) is 13.0 Å². The molecule has 26 heavy (non-hydrogen) atoms. The van der Waals surface area contributed by atoms with E-state index in [1.807, 2.05) is 37.3 Å². The lowest BCUT2D eigenvalue weighted by Crippen LogP contribution is -2.49. The van der Waals surface area contributed by atoms with Crippen LogP contribution >= 0.6 is 0 Å². The Balaban J connectivity index is 1.65. The molecule has 0 unspecified atom stereocenters. The van der Waals surface area contributed by atoms with Gasteiger partial charge in [0.1, 0.15) is 6.54 Å². The van der Waals surface area contributed by atoms with Crippen LogP contribution in [0.3, 0.4) is 0 Å². The molecule has 2 N–H and O–H groups in total. The predicted octanol–water partition coefficient (Wildman–Crippen LogP) is 2.45. The molecule has 1 aliphatic heterocycles. The van der Waals surface area contributed by atoms with Crippen molar-refractivity contribution in [2.75, 3.05) is 11.9 Å². The first kappa shape index (κ1) is 17.4. The van der Waals surface area contributed by atoms with Crippen LogP contribution in [0.1, 0.15) is 22.7 Å². The third-order valence-electron chi connectivity index (χ3n) is 4.01. The maximum absolute atomic E-state index is 12.3. The van der Waals surface area contributed by atoms with Crippen molar-refractivity contribution in [1.82, 2.24) is 10.4 Å². The van der Waals surface area contributed by atoms with Gasteiger partial charge >= 0.3 is 0 Å². The standard InChI is InChI=1S/C20H18N4O2/c1-14-5-7-16(8-6-14)18-9-10-20(26)24(23-18)13-19(25)22-17-4-2-3-15(11-17)12-21/h2-11,18,23H,13H2,1H3,(H,22,25)/t18-/m1/s1. The van der Waals surface area contributed by atoms with E-state index in [4.69, 9.17) is 5.26 Å². The Hall–Kier alpha value is -3.43. The summed E-state index contributed by atoms with van der Waals surface area (Å²) < 4.78 is 0. The predicted molar refractivity (Wildman–Crippen MR) is 97.7 cm³/mol. The van der Waals surface area contributed by atoms with Gasteiger partial charge in [-0.3, -0.25) is 14.6 Å². The molecule has 1 atom stereocenters. The van der Waals surface area contributed by atoms with Crippen molar-refractivity contribution in [1.29, 1.82) is 5.26 Å². The van der Waals surface area contributed by atoms with Crippen molar-refractivity contribution < 1.29 is 9.59 Å². The Morgan fingerprint density at radius 2 is 2.04 bits per heavy atom. The minimum absolute atomic E-state index is 0.137. The molecule has 0 fully saturated rings. The highest BCUT2D eigenvalue weighted by atomic mass is 16.2. The Kier molecular flexibility index (Phi) is 5.11. The van der Waals surface area contributed by atoms with Crippen LogP contribution in [0.15, 0.2) is 60.7 Å². The minimum atomic E-state index is -0.348. The second-order valence-corrected chi connectivity index (χ2v) is 6.04. The first-order chi connectivity index (χ1) is 12.5. The van der Waals surface area contributed by atoms with E-state index in [1.165, 1.54) is 11.1 Å². The van der Waals surface area contributed by atoms with Crippen LogP contribution in [-0.4, -0.2) is 23.4 Å². The SMILES string of the molecule is Cc1ccc([C@H]2C=CC(=O)N(CC(=O)Nc3cccc(C#N)c3)N2)cc1. The first-order valence-electron chi connectivity index (χ1n) is 8.17. The number of aryl methyl sites for hydroxylation is 1. The largest absolute Gasteiger partial charge is 0.324 e. The van der Waals surface area contributed by atoms with Crippen molar-refractivity contribution in [3.63, 3.8) is 0 Å². The molecule has 3 rings (SSSR count). The highest BCUT2D eigenvalue weighted by Crippen LogP contribution is 2.19. The van der Waals surface area contributed by atoms with E-state index in [0.29, 0.717) is 11.3 Å². The van der Waals surface area contributed by atoms with Gasteiger partial charge in [-0.15, -0.1) is 0 Å². The summed E-state index contributed by atoms with van der Waals surface area (Å²) >= 11 is 0. The highest BCUT2D eigenvalue weighted by Gasteiger charge is 2.23. The van der Waals surface area contributed by atoms with E-state index in [1.54, 1.807) is 30.3 Å². The Bertz CT molecular complexity index is 897. The molecule has 130 valence electrons. The third kappa shape index (κ3) is 4.15. The van der Waals surface area contributed by atoms with Gasteiger partial charge in [-0.1, -0.05) is 42.0 Å². The van der Waals surface area contributed by atoms with Gasteiger partial charge in [0.25, 0.3) is 5.91 Å². The molecule has 2 aromatic rings. The Morgan fingerprint density at radius 3 is 2.77 bits per heavy atom. The summed E-state index contributed by atoms with van der Waals surface area (Å²) in [5.41, 5.74) is 6.19. The number of nitriles is 1. The minimum Gasteiger partial charge on any atom is -0.324 e. The van der Waals surface area contributed by atoms with Gasteiger partial charge in [-0.05, 0) is 30.7 Å². The van der Waals surface area contributed by atoms with Crippen molar-refractivity contribution in [3.05, 3.63) is 77.4 Å². The first-order valence-corrected chi connectivity index (χ1v) is 8.17. The normalized spacial score (nSPS) is 16.2. The molecule has 6 nitrogen and oxygen atoms in total. The average Bonchev–Trinajstić information content (AvgIpc) is 2.64. The molecule has 0 spiro atoms. The molecule has 0 saturated heterocycles. The number of nitrogens with one attached hydrogen (secondary N) is 2. The fourth-order valence-electron chi connectivity index (χ4n) is 2.64. The number of hydrazine groups is 1. The number of hydrogen-bond acceptors (Lipinski definition) is 4. The topological polar surface area (TPSA) is 85.2 Å². The van der Waals surface area contributed by atoms with Gasteiger partial charge in [-0.2, -0.15) is 5.26 Å². The fraction of sp³-hybridized carbons (Fsp3) is 0.150. The molecule has 0 bridgehead atoms. The zero-order valence-corrected chi connectivity index (χ0v) is 14.3. The number of hydrogen-bond donors (Lipinski definition) is 2. The second-order valence-electron chi connectivity index (χ2n) is 6.04. The maximum Gasteiger partial charge on any atom is 0.260 e. The second kappa shape index (κ2) is 7.64. The number of rotatable bonds is 4. The van der Waals surface area contributed by atoms with Crippen LogP contribution in [0.25, 0.3) is 0 Å². The lowest BCUT2D eigenvalue weighted by Gasteiger charge is -2.30. The molecule has 0 saturated carbocycles. The molecule has 0 aliphatic carbocycles. The number of nitrogens with zero attached hydrogens (tertiary/aromatic N) is 2. The van der Waals surface area contributed by atoms with Gasteiger partial charge in [-0.25, -0.2) is 5.43 Å². The molecule has 1 heterocycles. The fourth-order valence-corrected chi connectivity index (χ4v) is 2.64. The number of carbonyl (C=O) groups excluding carboxylic acids is 2. The highest BCUT2D eigenvalue weighted by molar-refractivity contribution is 5.96. The lowest BCUT2D eigenvalue weighted by atomic mass is 10.0. The van der Waals surface area contributed by atoms with Crippen LogP contribution < -0.4 is 10.7 Å². The van der Waals surface area contributed by atoms with Crippen LogP contribution in [0.5, 0.6) is 0 Å². The van der Waals surface area contributed by atoms with Gasteiger partial charge in [0.15, 0.2) is 0 Å². The van der Waals surface area contributed by atoms with E-state index in [2.05, 4.69) is 10.7 Å². The number of anilines is 1. The number of amides is 2. The number of carbonyl (C=O) groups is 2. The maximum atomic E-state index is 12.3. The molecule has 2 amide bonds. The quantitative estimate of drug-likeness (QED) is 0.890. The zero-order chi connectivity index (χ0) is 18.5. The van der Waals surface area contributed by atoms with Gasteiger partial charge < -0.3 is 5.32 Å². The van der Waals surface area contributed by atoms with Gasteiger partial charge in [0.2, 0.25) is 5.91 Å². The van der Waals surface area contributed by atoms with Gasteiger partial charge in [0.05, 0.1) is 17.7 Å². The summed E-state index contributed by atoms with van der Waals surface area (Å²) in [5.74, 6) is -0.631. The van der Waals surface area contributed by atoms with Crippen molar-refractivity contribution in [3.8, 4) is 6.07 Å². The van der Waals surface area contributed by atoms with Crippen LogP contribution in [0.2, 0.25) is 0 Å². The Labute approximate surface area is 151 Å². The van der Waals surface area contributed by atoms with Gasteiger partial charge in [0, 0.05) is 11.8 Å². The molecule has 0 radical (unpaired) electrons. The summed E-state index contributed by atoms with van der Waals surface area (Å²) in [6, 6.07) is 16.4. The van der Waals surface area contributed by atoms with Crippen LogP contribution in [0, 0.1) is 18.3 Å². The lowest BCUT2D eigenvalue weighted by molar-refractivity contribution is -0.134. The monoisotopic (exact) mass is 346 g/mol. The number of benzene rings is 2. The molecule has 0 aromatic heterocycles. The average molecular weight is 346 g/mol. The summed E-state index contributed by atoms with van der Waals surface area (Å²) in [4.78, 5) is 24.3. The van der Waals surface area contributed by atoms with Crippen molar-refractivity contribution >= 4 is 17.5 Å². The zero-order valence-electron chi connectivity index (χ0n) is 14.3. The summed E-state index contributed by atoms with van der Waals surface area (Å²) in [7, 11) is 0. The van der Waals surface area contributed by atoms with E-state index in [-0.39, 0.29) is 24.4 Å². The molecule has 6 heteroatoms. The van der Waals surface area contributed by atoms with Crippen molar-refractivity contribution in [2.24, 2.45) is 0 Å². The molecular weight excluding hydrogens is 328 g/mol. The third-order valence-corrected chi connectivity index (χ3v) is 4.01. The summed E-state index contributed by atoms with van der Waals surface area (Å²) in [6.45, 7) is 1.87. The molecule has 2 aromatic carbocycles. The van der Waals surface area contributed by atoms with E-state index in [0.717, 1.165) is 11.1 Å². The van der Waals surface area contributed by atoms with E-state index in [9.17, 15) is 9.59 Å². The van der Waals surface area contributed by atoms with Crippen LogP contribution in [0.4, 0.5) is 5.69 Å². The molecular formula is C20H18N4O2.